The average molecular weight is 384 g/mol. The molecular formula is C26H25NS. The minimum atomic E-state index is 1.01. The molecule has 2 aliphatic rings. The fourth-order valence-electron chi connectivity index (χ4n) is 4.29. The van der Waals surface area contributed by atoms with Crippen molar-refractivity contribution in [2.75, 3.05) is 18.0 Å². The van der Waals surface area contributed by atoms with Crippen molar-refractivity contribution < 1.29 is 0 Å². The lowest BCUT2D eigenvalue weighted by molar-refractivity contribution is 0.578. The number of fused-ring (bicyclic) bond motifs is 2. The van der Waals surface area contributed by atoms with Crippen molar-refractivity contribution >= 4 is 23.0 Å². The summed E-state index contributed by atoms with van der Waals surface area (Å²) in [6.45, 7) is 6.79. The summed E-state index contributed by atoms with van der Waals surface area (Å²) >= 11 is 1.88. The Bertz CT molecular complexity index is 1030. The maximum absolute atomic E-state index is 4.45. The third-order valence-electron chi connectivity index (χ3n) is 5.90. The monoisotopic (exact) mass is 383 g/mol. The molecule has 0 radical (unpaired) electrons. The second-order valence-corrected chi connectivity index (χ2v) is 8.87. The van der Waals surface area contributed by atoms with Gasteiger partial charge in [0.1, 0.15) is 0 Å². The van der Waals surface area contributed by atoms with Crippen molar-refractivity contribution in [1.29, 1.82) is 0 Å². The number of hydrogen-bond acceptors (Lipinski definition) is 2. The quantitative estimate of drug-likeness (QED) is 0.383. The number of hydrogen-bond donors (Lipinski definition) is 0. The summed E-state index contributed by atoms with van der Waals surface area (Å²) in [6.07, 6.45) is 4.97. The molecule has 3 aromatic carbocycles. The van der Waals surface area contributed by atoms with Crippen LogP contribution in [0.3, 0.4) is 0 Å². The van der Waals surface area contributed by atoms with Crippen LogP contribution in [0.2, 0.25) is 0 Å². The summed E-state index contributed by atoms with van der Waals surface area (Å²) in [5.74, 6) is 0. The Balaban J connectivity index is 1.42. The average Bonchev–Trinajstić information content (AvgIpc) is 2.77. The van der Waals surface area contributed by atoms with Crippen LogP contribution in [0.5, 0.6) is 0 Å². The topological polar surface area (TPSA) is 3.24 Å². The van der Waals surface area contributed by atoms with E-state index in [2.05, 4.69) is 78.2 Å². The van der Waals surface area contributed by atoms with Crippen molar-refractivity contribution in [3.63, 3.8) is 0 Å². The van der Waals surface area contributed by atoms with Crippen LogP contribution >= 0.6 is 11.8 Å². The molecule has 0 spiro atoms. The van der Waals surface area contributed by atoms with Gasteiger partial charge in [0.05, 0.1) is 0 Å². The molecular weight excluding hydrogens is 358 g/mol. The zero-order valence-electron chi connectivity index (χ0n) is 16.2. The standard InChI is InChI=1S/C26H25NS/c1-19(20-9-7-10-24(18-20)27-14-5-2-6-15-27)21-12-13-26-23(16-21)17-22-8-3-4-11-25(22)28-26/h3-4,7-13,16,18H,1-2,5-6,14-15,17H2. The summed E-state index contributed by atoms with van der Waals surface area (Å²) < 4.78 is 0. The zero-order valence-corrected chi connectivity index (χ0v) is 17.0. The highest BCUT2D eigenvalue weighted by Crippen LogP contribution is 2.40. The minimum absolute atomic E-state index is 1.01. The highest BCUT2D eigenvalue weighted by molar-refractivity contribution is 7.99. The molecule has 28 heavy (non-hydrogen) atoms. The Morgan fingerprint density at radius 2 is 1.54 bits per heavy atom. The first-order chi connectivity index (χ1) is 13.8. The van der Waals surface area contributed by atoms with E-state index in [0.717, 1.165) is 12.0 Å². The number of nitrogens with zero attached hydrogens (tertiary/aromatic N) is 1. The second-order valence-electron chi connectivity index (χ2n) is 7.79. The first-order valence-electron chi connectivity index (χ1n) is 10.2. The zero-order chi connectivity index (χ0) is 18.9. The van der Waals surface area contributed by atoms with Gasteiger partial charge in [0.2, 0.25) is 0 Å². The SMILES string of the molecule is C=C(c1cccc(N2CCCCC2)c1)c1ccc2c(c1)Cc1ccccc1S2. The van der Waals surface area contributed by atoms with Crippen LogP contribution in [0.15, 0.2) is 83.1 Å². The maximum atomic E-state index is 4.45. The highest BCUT2D eigenvalue weighted by atomic mass is 32.2. The van der Waals surface area contributed by atoms with Crippen LogP contribution in [-0.2, 0) is 6.42 Å². The molecule has 0 unspecified atom stereocenters. The molecule has 2 heterocycles. The fourth-order valence-corrected chi connectivity index (χ4v) is 5.34. The molecule has 2 aliphatic heterocycles. The van der Waals surface area contributed by atoms with Crippen molar-refractivity contribution in [1.82, 2.24) is 0 Å². The Labute approximate surface area is 172 Å². The molecule has 0 aromatic heterocycles. The molecule has 0 N–H and O–H groups in total. The Hall–Kier alpha value is -2.45. The molecule has 140 valence electrons. The molecule has 0 saturated carbocycles. The summed E-state index contributed by atoms with van der Waals surface area (Å²) in [7, 11) is 0. The van der Waals surface area contributed by atoms with Gasteiger partial charge < -0.3 is 4.90 Å². The molecule has 5 rings (SSSR count). The van der Waals surface area contributed by atoms with E-state index >= 15 is 0 Å². The lowest BCUT2D eigenvalue weighted by Crippen LogP contribution is -2.29. The van der Waals surface area contributed by atoms with Crippen molar-refractivity contribution in [3.05, 3.63) is 95.6 Å². The molecule has 0 bridgehead atoms. The van der Waals surface area contributed by atoms with Gasteiger partial charge in [-0.05, 0) is 83.8 Å². The molecule has 0 amide bonds. The van der Waals surface area contributed by atoms with Crippen molar-refractivity contribution in [2.45, 2.75) is 35.5 Å². The van der Waals surface area contributed by atoms with Crippen LogP contribution in [0.1, 0.15) is 41.5 Å². The third kappa shape index (κ3) is 3.38. The van der Waals surface area contributed by atoms with E-state index in [1.807, 2.05) is 11.8 Å². The van der Waals surface area contributed by atoms with Gasteiger partial charge in [0.15, 0.2) is 0 Å². The van der Waals surface area contributed by atoms with E-state index in [4.69, 9.17) is 0 Å². The van der Waals surface area contributed by atoms with E-state index in [1.165, 1.54) is 70.1 Å². The van der Waals surface area contributed by atoms with Gasteiger partial charge in [-0.2, -0.15) is 0 Å². The van der Waals surface area contributed by atoms with Gasteiger partial charge in [0.25, 0.3) is 0 Å². The Morgan fingerprint density at radius 1 is 0.750 bits per heavy atom. The van der Waals surface area contributed by atoms with Gasteiger partial charge >= 0.3 is 0 Å². The first-order valence-corrected chi connectivity index (χ1v) is 11.0. The lowest BCUT2D eigenvalue weighted by atomic mass is 9.95. The van der Waals surface area contributed by atoms with Gasteiger partial charge in [-0.1, -0.05) is 54.7 Å². The number of benzene rings is 3. The van der Waals surface area contributed by atoms with Crippen molar-refractivity contribution in [3.8, 4) is 0 Å². The van der Waals surface area contributed by atoms with Crippen LogP contribution in [0, 0.1) is 0 Å². The molecule has 0 atom stereocenters. The second kappa shape index (κ2) is 7.52. The predicted octanol–water partition coefficient (Wildman–Crippen LogP) is 6.79. The smallest absolute Gasteiger partial charge is 0.0372 e. The van der Waals surface area contributed by atoms with E-state index in [1.54, 1.807) is 0 Å². The molecule has 1 saturated heterocycles. The van der Waals surface area contributed by atoms with Crippen molar-refractivity contribution in [2.24, 2.45) is 0 Å². The summed E-state index contributed by atoms with van der Waals surface area (Å²) in [6, 6.07) is 24.5. The number of rotatable bonds is 3. The lowest BCUT2D eigenvalue weighted by Gasteiger charge is -2.29. The van der Waals surface area contributed by atoms with E-state index in [0.29, 0.717) is 0 Å². The van der Waals surface area contributed by atoms with Crippen LogP contribution in [0.4, 0.5) is 5.69 Å². The Morgan fingerprint density at radius 3 is 2.43 bits per heavy atom. The number of anilines is 1. The van der Waals surface area contributed by atoms with Gasteiger partial charge in [-0.25, -0.2) is 0 Å². The summed E-state index contributed by atoms with van der Waals surface area (Å²) in [5, 5.41) is 0. The molecule has 2 heteroatoms. The minimum Gasteiger partial charge on any atom is -0.372 e. The molecule has 3 aromatic rings. The summed E-state index contributed by atoms with van der Waals surface area (Å²) in [5.41, 5.74) is 7.75. The highest BCUT2D eigenvalue weighted by Gasteiger charge is 2.17. The van der Waals surface area contributed by atoms with Crippen LogP contribution < -0.4 is 4.90 Å². The fraction of sp³-hybridized carbons (Fsp3) is 0.231. The van der Waals surface area contributed by atoms with Gasteiger partial charge in [-0.3, -0.25) is 0 Å². The largest absolute Gasteiger partial charge is 0.372 e. The first kappa shape index (κ1) is 17.6. The normalized spacial score (nSPS) is 15.6. The molecule has 1 nitrogen and oxygen atoms in total. The van der Waals surface area contributed by atoms with E-state index < -0.39 is 0 Å². The van der Waals surface area contributed by atoms with Crippen LogP contribution in [-0.4, -0.2) is 13.1 Å². The predicted molar refractivity (Wildman–Crippen MR) is 120 cm³/mol. The van der Waals surface area contributed by atoms with Gasteiger partial charge in [0, 0.05) is 28.6 Å². The Kier molecular flexibility index (Phi) is 4.74. The third-order valence-corrected chi connectivity index (χ3v) is 7.13. The summed E-state index contributed by atoms with van der Waals surface area (Å²) in [4.78, 5) is 5.27. The molecule has 0 aliphatic carbocycles. The van der Waals surface area contributed by atoms with Crippen LogP contribution in [0.25, 0.3) is 5.57 Å². The van der Waals surface area contributed by atoms with E-state index in [-0.39, 0.29) is 0 Å². The molecule has 1 fully saturated rings. The van der Waals surface area contributed by atoms with Gasteiger partial charge in [-0.15, -0.1) is 0 Å². The van der Waals surface area contributed by atoms with E-state index in [9.17, 15) is 0 Å². The number of piperidine rings is 1. The maximum Gasteiger partial charge on any atom is 0.0372 e.